The highest BCUT2D eigenvalue weighted by molar-refractivity contribution is 5.13. The molecule has 0 saturated heterocycles. The molecule has 0 heterocycles. The van der Waals surface area contributed by atoms with Gasteiger partial charge in [0.25, 0.3) is 0 Å². The monoisotopic (exact) mass is 168 g/mol. The third-order valence-corrected chi connectivity index (χ3v) is 2.85. The van der Waals surface area contributed by atoms with Crippen molar-refractivity contribution in [1.82, 2.24) is 0 Å². The standard InChI is InChI=1S/C10H16O2/c11-4-1-5-12-10-7-8-2-3-9(10)6-8/h7-9,11H,1-6H2. The summed E-state index contributed by atoms with van der Waals surface area (Å²) in [6, 6.07) is 0. The van der Waals surface area contributed by atoms with Gasteiger partial charge in [-0.15, -0.1) is 0 Å². The number of aliphatic hydroxyl groups excluding tert-OH is 1. The lowest BCUT2D eigenvalue weighted by Crippen LogP contribution is -2.04. The molecule has 0 amide bonds. The van der Waals surface area contributed by atoms with E-state index in [4.69, 9.17) is 9.84 Å². The number of hydrogen-bond acceptors (Lipinski definition) is 2. The molecule has 2 nitrogen and oxygen atoms in total. The molecule has 2 aliphatic carbocycles. The number of ether oxygens (including phenoxy) is 1. The van der Waals surface area contributed by atoms with Gasteiger partial charge in [-0.2, -0.15) is 0 Å². The van der Waals surface area contributed by atoms with Gasteiger partial charge in [-0.3, -0.25) is 0 Å². The fourth-order valence-electron chi connectivity index (χ4n) is 2.22. The molecule has 1 fully saturated rings. The molecule has 1 N–H and O–H groups in total. The number of fused-ring (bicyclic) bond motifs is 2. The topological polar surface area (TPSA) is 29.5 Å². The number of allylic oxidation sites excluding steroid dienone is 2. The van der Waals surface area contributed by atoms with E-state index >= 15 is 0 Å². The van der Waals surface area contributed by atoms with Crippen LogP contribution in [-0.2, 0) is 4.74 Å². The molecule has 0 radical (unpaired) electrons. The van der Waals surface area contributed by atoms with Crippen molar-refractivity contribution in [2.75, 3.05) is 13.2 Å². The predicted molar refractivity (Wildman–Crippen MR) is 46.6 cm³/mol. The molecule has 68 valence electrons. The molecule has 0 aromatic heterocycles. The summed E-state index contributed by atoms with van der Waals surface area (Å²) in [6.45, 7) is 0.924. The molecule has 2 bridgehead atoms. The fourth-order valence-corrected chi connectivity index (χ4v) is 2.22. The minimum absolute atomic E-state index is 0.237. The second kappa shape index (κ2) is 3.48. The average molecular weight is 168 g/mol. The first-order valence-electron chi connectivity index (χ1n) is 4.85. The normalized spacial score (nSPS) is 32.2. The maximum Gasteiger partial charge on any atom is 0.0953 e. The first-order valence-corrected chi connectivity index (χ1v) is 4.85. The molecule has 1 saturated carbocycles. The molecule has 0 spiro atoms. The second-order valence-electron chi connectivity index (χ2n) is 3.76. The summed E-state index contributed by atoms with van der Waals surface area (Å²) in [6.07, 6.45) is 7.03. The summed E-state index contributed by atoms with van der Waals surface area (Å²) in [5, 5.41) is 8.57. The quantitative estimate of drug-likeness (QED) is 0.647. The van der Waals surface area contributed by atoms with Gasteiger partial charge in [-0.25, -0.2) is 0 Å². The zero-order valence-corrected chi connectivity index (χ0v) is 7.33. The molecule has 2 atom stereocenters. The van der Waals surface area contributed by atoms with Crippen LogP contribution in [0.15, 0.2) is 11.8 Å². The lowest BCUT2D eigenvalue weighted by molar-refractivity contribution is 0.155. The Morgan fingerprint density at radius 1 is 1.50 bits per heavy atom. The largest absolute Gasteiger partial charge is 0.498 e. The summed E-state index contributed by atoms with van der Waals surface area (Å²) >= 11 is 0. The third-order valence-electron chi connectivity index (χ3n) is 2.85. The van der Waals surface area contributed by atoms with Crippen molar-refractivity contribution in [1.29, 1.82) is 0 Å². The zero-order chi connectivity index (χ0) is 8.39. The van der Waals surface area contributed by atoms with E-state index in [9.17, 15) is 0 Å². The summed E-state index contributed by atoms with van der Waals surface area (Å²) in [5.74, 6) is 2.73. The molecule has 2 unspecified atom stereocenters. The Morgan fingerprint density at radius 2 is 2.42 bits per heavy atom. The first-order chi connectivity index (χ1) is 5.90. The van der Waals surface area contributed by atoms with E-state index in [0.29, 0.717) is 12.5 Å². The van der Waals surface area contributed by atoms with Gasteiger partial charge in [-0.05, 0) is 31.3 Å². The van der Waals surface area contributed by atoms with E-state index in [-0.39, 0.29) is 6.61 Å². The van der Waals surface area contributed by atoms with Gasteiger partial charge in [0.05, 0.1) is 12.4 Å². The highest BCUT2D eigenvalue weighted by Crippen LogP contribution is 2.43. The van der Waals surface area contributed by atoms with E-state index in [1.807, 2.05) is 0 Å². The third kappa shape index (κ3) is 1.48. The zero-order valence-electron chi connectivity index (χ0n) is 7.33. The van der Waals surface area contributed by atoms with Gasteiger partial charge in [0.15, 0.2) is 0 Å². The van der Waals surface area contributed by atoms with Gasteiger partial charge in [0.2, 0.25) is 0 Å². The molecule has 0 aliphatic heterocycles. The Kier molecular flexibility index (Phi) is 2.35. The highest BCUT2D eigenvalue weighted by Gasteiger charge is 2.33. The number of rotatable bonds is 4. The maximum atomic E-state index is 8.57. The van der Waals surface area contributed by atoms with Crippen LogP contribution in [0.25, 0.3) is 0 Å². The van der Waals surface area contributed by atoms with Crippen LogP contribution >= 0.6 is 0 Å². The Balaban J connectivity index is 1.78. The van der Waals surface area contributed by atoms with Gasteiger partial charge in [0.1, 0.15) is 0 Å². The van der Waals surface area contributed by atoms with E-state index in [1.54, 1.807) is 0 Å². The Labute approximate surface area is 73.2 Å². The molecule has 0 aromatic rings. The summed E-state index contributed by atoms with van der Waals surface area (Å²) in [5.41, 5.74) is 0. The maximum absolute atomic E-state index is 8.57. The van der Waals surface area contributed by atoms with Crippen molar-refractivity contribution in [3.8, 4) is 0 Å². The van der Waals surface area contributed by atoms with Crippen molar-refractivity contribution in [2.45, 2.75) is 25.7 Å². The van der Waals surface area contributed by atoms with Crippen molar-refractivity contribution in [3.05, 3.63) is 11.8 Å². The molecule has 2 heteroatoms. The number of aliphatic hydroxyl groups is 1. The molecule has 2 rings (SSSR count). The molecular weight excluding hydrogens is 152 g/mol. The summed E-state index contributed by atoms with van der Waals surface area (Å²) in [4.78, 5) is 0. The van der Waals surface area contributed by atoms with Crippen LogP contribution in [-0.4, -0.2) is 18.3 Å². The Bertz CT molecular complexity index is 186. The minimum atomic E-state index is 0.237. The minimum Gasteiger partial charge on any atom is -0.498 e. The molecular formula is C10H16O2. The van der Waals surface area contributed by atoms with E-state index in [2.05, 4.69) is 6.08 Å². The van der Waals surface area contributed by atoms with E-state index < -0.39 is 0 Å². The SMILES string of the molecule is OCCCOC1=CC2CCC1C2. The van der Waals surface area contributed by atoms with Crippen LogP contribution in [0, 0.1) is 11.8 Å². The lowest BCUT2D eigenvalue weighted by atomic mass is 10.1. The summed E-state index contributed by atoms with van der Waals surface area (Å²) < 4.78 is 5.58. The lowest BCUT2D eigenvalue weighted by Gasteiger charge is -2.14. The van der Waals surface area contributed by atoms with Gasteiger partial charge in [-0.1, -0.05) is 0 Å². The van der Waals surface area contributed by atoms with Crippen LogP contribution in [0.1, 0.15) is 25.7 Å². The molecule has 0 aromatic carbocycles. The van der Waals surface area contributed by atoms with Crippen molar-refractivity contribution < 1.29 is 9.84 Å². The predicted octanol–water partition coefficient (Wildman–Crippen LogP) is 1.70. The highest BCUT2D eigenvalue weighted by atomic mass is 16.5. The van der Waals surface area contributed by atoms with Crippen LogP contribution in [0.3, 0.4) is 0 Å². The van der Waals surface area contributed by atoms with Gasteiger partial charge in [0, 0.05) is 18.9 Å². The van der Waals surface area contributed by atoms with Crippen LogP contribution < -0.4 is 0 Å². The summed E-state index contributed by atoms with van der Waals surface area (Å²) in [7, 11) is 0. The number of hydrogen-bond donors (Lipinski definition) is 1. The average Bonchev–Trinajstić information content (AvgIpc) is 2.65. The van der Waals surface area contributed by atoms with Crippen molar-refractivity contribution in [3.63, 3.8) is 0 Å². The van der Waals surface area contributed by atoms with E-state index in [1.165, 1.54) is 25.0 Å². The first kappa shape index (κ1) is 8.11. The van der Waals surface area contributed by atoms with Crippen LogP contribution in [0.5, 0.6) is 0 Å². The van der Waals surface area contributed by atoms with Crippen molar-refractivity contribution >= 4 is 0 Å². The van der Waals surface area contributed by atoms with Gasteiger partial charge < -0.3 is 9.84 Å². The van der Waals surface area contributed by atoms with E-state index in [0.717, 1.165) is 12.3 Å². The van der Waals surface area contributed by atoms with Crippen LogP contribution in [0.4, 0.5) is 0 Å². The smallest absolute Gasteiger partial charge is 0.0953 e. The van der Waals surface area contributed by atoms with Crippen molar-refractivity contribution in [2.24, 2.45) is 11.8 Å². The fraction of sp³-hybridized carbons (Fsp3) is 0.800. The van der Waals surface area contributed by atoms with Crippen LogP contribution in [0.2, 0.25) is 0 Å². The second-order valence-corrected chi connectivity index (χ2v) is 3.76. The Hall–Kier alpha value is -0.500. The van der Waals surface area contributed by atoms with Gasteiger partial charge >= 0.3 is 0 Å². The molecule has 12 heavy (non-hydrogen) atoms. The molecule has 2 aliphatic rings. The Morgan fingerprint density at radius 3 is 3.00 bits per heavy atom.